The van der Waals surface area contributed by atoms with Gasteiger partial charge in [-0.15, -0.1) is 0 Å². The second kappa shape index (κ2) is 10.9. The molecule has 1 heterocycles. The van der Waals surface area contributed by atoms with Crippen molar-refractivity contribution in [1.29, 1.82) is 0 Å². The Labute approximate surface area is 223 Å². The first-order chi connectivity index (χ1) is 17.7. The van der Waals surface area contributed by atoms with Gasteiger partial charge < -0.3 is 30.9 Å². The molecule has 3 amide bonds. The Kier molecular flexibility index (Phi) is 8.33. The fraction of sp³-hybridized carbons (Fsp3) is 0.880. The molecule has 13 heteroatoms. The van der Waals surface area contributed by atoms with Gasteiger partial charge in [-0.2, -0.15) is 8.42 Å². The molecule has 0 aromatic rings. The molecule has 4 saturated carbocycles. The Morgan fingerprint density at radius 3 is 2.34 bits per heavy atom. The summed E-state index contributed by atoms with van der Waals surface area (Å²) < 4.78 is 38.3. The van der Waals surface area contributed by atoms with Crippen molar-refractivity contribution in [3.05, 3.63) is 0 Å². The van der Waals surface area contributed by atoms with E-state index in [1.54, 1.807) is 0 Å². The Morgan fingerprint density at radius 2 is 1.82 bits per heavy atom. The first-order valence-electron chi connectivity index (χ1n) is 13.6. The number of nitrogens with one attached hydrogen (secondary N) is 3. The molecule has 5 rings (SSSR count). The fourth-order valence-corrected chi connectivity index (χ4v) is 8.18. The Bertz CT molecular complexity index is 1020. The lowest BCUT2D eigenvalue weighted by molar-refractivity contribution is -0.175. The number of rotatable bonds is 11. The van der Waals surface area contributed by atoms with Crippen molar-refractivity contribution >= 4 is 28.0 Å². The van der Waals surface area contributed by atoms with Gasteiger partial charge in [0.1, 0.15) is 6.04 Å². The third-order valence-corrected chi connectivity index (χ3v) is 9.59. The highest BCUT2D eigenvalue weighted by atomic mass is 32.2. The van der Waals surface area contributed by atoms with Crippen LogP contribution in [0.25, 0.3) is 0 Å². The molecule has 0 aromatic heterocycles. The standard InChI is InChI=1S/C25H41N3O9S/c1-14(2)5-18(21(30)27-19(22(31)38(34,35)36)7-17-3-4-26-20(17)29)28-23(32)37-13-24-8-15-6-16(9-24)11-25(33,10-15)12-24/h14-19,22,31,33H,3-13H2,1-2H3,(H,26,29)(H,27,30)(H,28,32)(H,34,35,36)/t15?,16?,17-,18+,19+,22?,24?,25?/m1/s1. The predicted octanol–water partition coefficient (Wildman–Crippen LogP) is 0.676. The van der Waals surface area contributed by atoms with Crippen LogP contribution in [0.2, 0.25) is 0 Å². The van der Waals surface area contributed by atoms with Crippen LogP contribution in [0.1, 0.15) is 71.6 Å². The average Bonchev–Trinajstić information content (AvgIpc) is 3.18. The minimum Gasteiger partial charge on any atom is -0.449 e. The lowest BCUT2D eigenvalue weighted by atomic mass is 9.48. The molecular formula is C25H41N3O9S. The van der Waals surface area contributed by atoms with Gasteiger partial charge in [-0.1, -0.05) is 13.8 Å². The monoisotopic (exact) mass is 559 g/mol. The zero-order valence-corrected chi connectivity index (χ0v) is 22.8. The van der Waals surface area contributed by atoms with E-state index in [9.17, 15) is 37.6 Å². The summed E-state index contributed by atoms with van der Waals surface area (Å²) in [6.07, 6.45) is 4.70. The Balaban J connectivity index is 1.39. The molecule has 216 valence electrons. The second-order valence-electron chi connectivity index (χ2n) is 12.6. The van der Waals surface area contributed by atoms with E-state index in [4.69, 9.17) is 4.74 Å². The number of amides is 3. The number of carbonyl (C=O) groups is 3. The molecule has 38 heavy (non-hydrogen) atoms. The molecule has 4 aliphatic carbocycles. The van der Waals surface area contributed by atoms with Crippen molar-refractivity contribution in [2.45, 2.75) is 94.8 Å². The van der Waals surface area contributed by atoms with E-state index < -0.39 is 51.2 Å². The van der Waals surface area contributed by atoms with E-state index in [1.165, 1.54) is 0 Å². The molecule has 1 aliphatic heterocycles. The molecule has 12 nitrogen and oxygen atoms in total. The number of aliphatic hydroxyl groups is 2. The molecule has 6 N–H and O–H groups in total. The van der Waals surface area contributed by atoms with Crippen LogP contribution in [0, 0.1) is 29.1 Å². The number of ether oxygens (including phenoxy) is 1. The van der Waals surface area contributed by atoms with Crippen molar-refractivity contribution in [3.63, 3.8) is 0 Å². The lowest BCUT2D eigenvalue weighted by Gasteiger charge is -2.59. The first kappa shape index (κ1) is 29.0. The fourth-order valence-electron chi connectivity index (χ4n) is 7.59. The van der Waals surface area contributed by atoms with Crippen LogP contribution in [-0.4, -0.2) is 77.4 Å². The van der Waals surface area contributed by atoms with Gasteiger partial charge in [0.25, 0.3) is 10.1 Å². The van der Waals surface area contributed by atoms with E-state index in [0.717, 1.165) is 32.1 Å². The summed E-state index contributed by atoms with van der Waals surface area (Å²) in [5.41, 5.74) is -3.30. The molecule has 0 aromatic carbocycles. The van der Waals surface area contributed by atoms with Gasteiger partial charge in [0.2, 0.25) is 17.3 Å². The summed E-state index contributed by atoms with van der Waals surface area (Å²) in [6.45, 7) is 4.22. The maximum atomic E-state index is 13.2. The molecular weight excluding hydrogens is 518 g/mol. The van der Waals surface area contributed by atoms with E-state index in [1.807, 2.05) is 13.8 Å². The van der Waals surface area contributed by atoms with Gasteiger partial charge >= 0.3 is 6.09 Å². The minimum atomic E-state index is -4.94. The van der Waals surface area contributed by atoms with Crippen LogP contribution >= 0.6 is 0 Å². The van der Waals surface area contributed by atoms with Gasteiger partial charge in [0.15, 0.2) is 0 Å². The highest BCUT2D eigenvalue weighted by Crippen LogP contribution is 2.61. The number of aliphatic hydroxyl groups excluding tert-OH is 1. The Morgan fingerprint density at radius 1 is 1.16 bits per heavy atom. The molecule has 3 unspecified atom stereocenters. The summed E-state index contributed by atoms with van der Waals surface area (Å²) in [7, 11) is -4.94. The number of hydrogen-bond donors (Lipinski definition) is 6. The van der Waals surface area contributed by atoms with Gasteiger partial charge in [0.05, 0.1) is 18.2 Å². The van der Waals surface area contributed by atoms with Crippen molar-refractivity contribution in [2.24, 2.45) is 29.1 Å². The van der Waals surface area contributed by atoms with Gasteiger partial charge in [-0.25, -0.2) is 4.79 Å². The molecule has 4 bridgehead atoms. The first-order valence-corrected chi connectivity index (χ1v) is 15.1. The van der Waals surface area contributed by atoms with Crippen molar-refractivity contribution < 1.29 is 42.3 Å². The van der Waals surface area contributed by atoms with E-state index in [-0.39, 0.29) is 36.7 Å². The lowest BCUT2D eigenvalue weighted by Crippen LogP contribution is -2.57. The van der Waals surface area contributed by atoms with Crippen molar-refractivity contribution in [1.82, 2.24) is 16.0 Å². The quantitative estimate of drug-likeness (QED) is 0.198. The molecule has 5 aliphatic rings. The molecule has 1 saturated heterocycles. The van der Waals surface area contributed by atoms with Crippen LogP contribution in [0.4, 0.5) is 4.79 Å². The number of hydrogen-bond acceptors (Lipinski definition) is 8. The normalized spacial score (nSPS) is 34.5. The summed E-state index contributed by atoms with van der Waals surface area (Å²) in [6, 6.07) is -2.57. The zero-order chi connectivity index (χ0) is 27.9. The smallest absolute Gasteiger partial charge is 0.407 e. The maximum absolute atomic E-state index is 13.2. The van der Waals surface area contributed by atoms with E-state index in [2.05, 4.69) is 16.0 Å². The van der Waals surface area contributed by atoms with Crippen LogP contribution in [0.5, 0.6) is 0 Å². The maximum Gasteiger partial charge on any atom is 0.407 e. The van der Waals surface area contributed by atoms with Crippen LogP contribution in [0.15, 0.2) is 0 Å². The van der Waals surface area contributed by atoms with E-state index in [0.29, 0.717) is 31.2 Å². The van der Waals surface area contributed by atoms with Crippen LogP contribution < -0.4 is 16.0 Å². The van der Waals surface area contributed by atoms with Crippen LogP contribution in [0.3, 0.4) is 0 Å². The topological polar surface area (TPSA) is 191 Å². The summed E-state index contributed by atoms with van der Waals surface area (Å²) in [5.74, 6) is -0.907. The van der Waals surface area contributed by atoms with Gasteiger partial charge in [-0.3, -0.25) is 14.1 Å². The summed E-state index contributed by atoms with van der Waals surface area (Å²) >= 11 is 0. The van der Waals surface area contributed by atoms with E-state index >= 15 is 0 Å². The zero-order valence-electron chi connectivity index (χ0n) is 22.0. The summed E-state index contributed by atoms with van der Waals surface area (Å²) in [5, 5.41) is 28.8. The average molecular weight is 560 g/mol. The highest BCUT2D eigenvalue weighted by Gasteiger charge is 2.57. The molecule has 5 fully saturated rings. The predicted molar refractivity (Wildman–Crippen MR) is 135 cm³/mol. The molecule has 6 atom stereocenters. The Hall–Kier alpha value is -1.96. The minimum absolute atomic E-state index is 0.0333. The molecule has 0 spiro atoms. The second-order valence-corrected chi connectivity index (χ2v) is 14.1. The number of alkyl carbamates (subject to hydrolysis) is 1. The molecule has 0 radical (unpaired) electrons. The largest absolute Gasteiger partial charge is 0.449 e. The highest BCUT2D eigenvalue weighted by molar-refractivity contribution is 7.86. The van der Waals surface area contributed by atoms with Crippen LogP contribution in [-0.2, 0) is 24.4 Å². The third kappa shape index (κ3) is 6.78. The van der Waals surface area contributed by atoms with Crippen molar-refractivity contribution in [3.8, 4) is 0 Å². The third-order valence-electron chi connectivity index (χ3n) is 8.65. The van der Waals surface area contributed by atoms with Crippen molar-refractivity contribution in [2.75, 3.05) is 13.2 Å². The van der Waals surface area contributed by atoms with Gasteiger partial charge in [-0.05, 0) is 75.5 Å². The SMILES string of the molecule is CC(C)C[C@H](NC(=O)OCC12CC3CC(CC(O)(C3)C1)C2)C(=O)N[C@@H](C[C@H]1CCNC1=O)C(O)S(=O)(=O)O. The van der Waals surface area contributed by atoms with Gasteiger partial charge in [0, 0.05) is 17.9 Å². The summed E-state index contributed by atoms with van der Waals surface area (Å²) in [4.78, 5) is 38.0. The number of carbonyl (C=O) groups excluding carboxylic acids is 3.